The number of amides is 1. The number of hydrogen-bond donors (Lipinski definition) is 2. The fourth-order valence-corrected chi connectivity index (χ4v) is 3.84. The predicted molar refractivity (Wildman–Crippen MR) is 112 cm³/mol. The third-order valence-electron chi connectivity index (χ3n) is 5.50. The highest BCUT2D eigenvalue weighted by Crippen LogP contribution is 2.24. The number of carbonyl (C=O) groups is 2. The van der Waals surface area contributed by atoms with E-state index in [1.807, 2.05) is 24.3 Å². The van der Waals surface area contributed by atoms with Gasteiger partial charge < -0.3 is 24.5 Å². The molecule has 0 spiro atoms. The molecule has 1 aromatic heterocycles. The zero-order chi connectivity index (χ0) is 21.7. The molecule has 0 saturated carbocycles. The third kappa shape index (κ3) is 4.66. The van der Waals surface area contributed by atoms with E-state index in [-0.39, 0.29) is 11.9 Å². The summed E-state index contributed by atoms with van der Waals surface area (Å²) in [6.07, 6.45) is 0. The van der Waals surface area contributed by atoms with Gasteiger partial charge in [0.2, 0.25) is 0 Å². The standard InChI is InChI=1S/C22H29N3O5/c1-14-19(22(27)29-4)15(2)24-20(14)21(26)23-13-18(25-9-11-30-12-10-25)16-5-7-17(28-3)8-6-16/h5-8,18,24H,9-13H2,1-4H3,(H,23,26). The number of hydrogen-bond acceptors (Lipinski definition) is 6. The Morgan fingerprint density at radius 1 is 1.17 bits per heavy atom. The molecule has 8 nitrogen and oxygen atoms in total. The van der Waals surface area contributed by atoms with Gasteiger partial charge in [0.15, 0.2) is 0 Å². The highest BCUT2D eigenvalue weighted by Gasteiger charge is 2.26. The molecular formula is C22H29N3O5. The Kier molecular flexibility index (Phi) is 7.12. The molecule has 0 bridgehead atoms. The van der Waals surface area contributed by atoms with Crippen molar-refractivity contribution in [2.24, 2.45) is 0 Å². The molecule has 1 amide bonds. The Morgan fingerprint density at radius 3 is 2.43 bits per heavy atom. The number of morpholine rings is 1. The molecule has 2 N–H and O–H groups in total. The van der Waals surface area contributed by atoms with Crippen molar-refractivity contribution in [3.8, 4) is 5.75 Å². The average molecular weight is 415 g/mol. The normalized spacial score (nSPS) is 15.5. The summed E-state index contributed by atoms with van der Waals surface area (Å²) in [5.74, 6) is 0.0820. The first-order valence-electron chi connectivity index (χ1n) is 9.97. The second kappa shape index (κ2) is 9.77. The Morgan fingerprint density at radius 2 is 1.83 bits per heavy atom. The lowest BCUT2D eigenvalue weighted by molar-refractivity contribution is 0.0162. The molecule has 3 rings (SSSR count). The number of methoxy groups -OCH3 is 2. The molecular weight excluding hydrogens is 386 g/mol. The number of ether oxygens (including phenoxy) is 3. The van der Waals surface area contributed by atoms with Crippen LogP contribution in [-0.2, 0) is 9.47 Å². The number of benzene rings is 1. The highest BCUT2D eigenvalue weighted by atomic mass is 16.5. The van der Waals surface area contributed by atoms with E-state index in [0.29, 0.717) is 42.3 Å². The maximum atomic E-state index is 12.9. The van der Waals surface area contributed by atoms with Crippen molar-refractivity contribution in [2.75, 3.05) is 47.1 Å². The van der Waals surface area contributed by atoms with E-state index in [4.69, 9.17) is 14.2 Å². The molecule has 8 heteroatoms. The molecule has 1 aliphatic heterocycles. The van der Waals surface area contributed by atoms with Crippen LogP contribution in [0.25, 0.3) is 0 Å². The zero-order valence-electron chi connectivity index (χ0n) is 17.9. The monoisotopic (exact) mass is 415 g/mol. The quantitative estimate of drug-likeness (QED) is 0.674. The number of aromatic amines is 1. The molecule has 1 atom stereocenters. The number of esters is 1. The summed E-state index contributed by atoms with van der Waals surface area (Å²) in [5, 5.41) is 3.03. The minimum atomic E-state index is -0.454. The highest BCUT2D eigenvalue weighted by molar-refractivity contribution is 6.00. The number of rotatable bonds is 7. The fraction of sp³-hybridized carbons (Fsp3) is 0.455. The van der Waals surface area contributed by atoms with Crippen LogP contribution in [0.1, 0.15) is 43.7 Å². The molecule has 1 fully saturated rings. The van der Waals surface area contributed by atoms with Gasteiger partial charge in [0, 0.05) is 25.3 Å². The smallest absolute Gasteiger partial charge is 0.339 e. The van der Waals surface area contributed by atoms with E-state index >= 15 is 0 Å². The Labute approximate surface area is 176 Å². The first-order valence-corrected chi connectivity index (χ1v) is 9.97. The number of H-pyrrole nitrogens is 1. The Balaban J connectivity index is 1.78. The van der Waals surface area contributed by atoms with Crippen molar-refractivity contribution >= 4 is 11.9 Å². The van der Waals surface area contributed by atoms with Gasteiger partial charge >= 0.3 is 5.97 Å². The largest absolute Gasteiger partial charge is 0.497 e. The van der Waals surface area contributed by atoms with Crippen molar-refractivity contribution in [3.05, 3.63) is 52.3 Å². The molecule has 2 aromatic rings. The van der Waals surface area contributed by atoms with Crippen molar-refractivity contribution in [2.45, 2.75) is 19.9 Å². The number of nitrogens with zero attached hydrogens (tertiary/aromatic N) is 1. The van der Waals surface area contributed by atoms with E-state index in [0.717, 1.165) is 24.4 Å². The molecule has 0 radical (unpaired) electrons. The number of nitrogens with one attached hydrogen (secondary N) is 2. The summed E-state index contributed by atoms with van der Waals surface area (Å²) < 4.78 is 15.6. The molecule has 0 aliphatic carbocycles. The minimum Gasteiger partial charge on any atom is -0.497 e. The molecule has 162 valence electrons. The van der Waals surface area contributed by atoms with Gasteiger partial charge in [0.05, 0.1) is 39.0 Å². The SMILES string of the molecule is COC(=O)c1c(C)[nH]c(C(=O)NCC(c2ccc(OC)cc2)N2CCOCC2)c1C. The van der Waals surface area contributed by atoms with Crippen molar-refractivity contribution in [1.82, 2.24) is 15.2 Å². The second-order valence-corrected chi connectivity index (χ2v) is 7.26. The zero-order valence-corrected chi connectivity index (χ0v) is 17.9. The number of aromatic nitrogens is 1. The summed E-state index contributed by atoms with van der Waals surface area (Å²) in [7, 11) is 2.97. The molecule has 1 saturated heterocycles. The van der Waals surface area contributed by atoms with Crippen LogP contribution in [-0.4, -0.2) is 68.8 Å². The van der Waals surface area contributed by atoms with Gasteiger partial charge in [-0.2, -0.15) is 0 Å². The van der Waals surface area contributed by atoms with Crippen LogP contribution in [0.3, 0.4) is 0 Å². The van der Waals surface area contributed by atoms with E-state index in [1.54, 1.807) is 21.0 Å². The molecule has 2 heterocycles. The first-order chi connectivity index (χ1) is 14.5. The molecule has 1 aromatic carbocycles. The van der Waals surface area contributed by atoms with Crippen molar-refractivity contribution in [1.29, 1.82) is 0 Å². The predicted octanol–water partition coefficient (Wildman–Crippen LogP) is 2.23. The fourth-order valence-electron chi connectivity index (χ4n) is 3.84. The van der Waals surface area contributed by atoms with Gasteiger partial charge in [-0.05, 0) is 37.1 Å². The van der Waals surface area contributed by atoms with Crippen molar-refractivity contribution < 1.29 is 23.8 Å². The number of carbonyl (C=O) groups excluding carboxylic acids is 2. The average Bonchev–Trinajstić information content (AvgIpc) is 3.08. The summed E-state index contributed by atoms with van der Waals surface area (Å²) >= 11 is 0. The Hall–Kier alpha value is -2.84. The van der Waals surface area contributed by atoms with Crippen LogP contribution in [0.5, 0.6) is 5.75 Å². The van der Waals surface area contributed by atoms with Gasteiger partial charge in [-0.25, -0.2) is 4.79 Å². The molecule has 30 heavy (non-hydrogen) atoms. The van der Waals surface area contributed by atoms with E-state index in [2.05, 4.69) is 15.2 Å². The lowest BCUT2D eigenvalue weighted by Crippen LogP contribution is -2.44. The van der Waals surface area contributed by atoms with E-state index in [9.17, 15) is 9.59 Å². The summed E-state index contributed by atoms with van der Waals surface area (Å²) in [6.45, 7) is 6.84. The van der Waals surface area contributed by atoms with Gasteiger partial charge in [-0.1, -0.05) is 12.1 Å². The number of aryl methyl sites for hydroxylation is 1. The van der Waals surface area contributed by atoms with E-state index < -0.39 is 5.97 Å². The maximum Gasteiger partial charge on any atom is 0.339 e. The second-order valence-electron chi connectivity index (χ2n) is 7.26. The Bertz CT molecular complexity index is 885. The summed E-state index contributed by atoms with van der Waals surface area (Å²) in [6, 6.07) is 7.88. The molecule has 1 aliphatic rings. The summed E-state index contributed by atoms with van der Waals surface area (Å²) in [5.41, 5.74) is 3.08. The lowest BCUT2D eigenvalue weighted by atomic mass is 10.0. The topological polar surface area (TPSA) is 92.9 Å². The van der Waals surface area contributed by atoms with Crippen LogP contribution in [0.4, 0.5) is 0 Å². The van der Waals surface area contributed by atoms with Crippen molar-refractivity contribution in [3.63, 3.8) is 0 Å². The van der Waals surface area contributed by atoms with Gasteiger partial charge in [-0.15, -0.1) is 0 Å². The van der Waals surface area contributed by atoms with Gasteiger partial charge in [0.25, 0.3) is 5.91 Å². The first kappa shape index (κ1) is 21.9. The van der Waals surface area contributed by atoms with E-state index in [1.165, 1.54) is 7.11 Å². The van der Waals surface area contributed by atoms with Crippen LogP contribution in [0.2, 0.25) is 0 Å². The third-order valence-corrected chi connectivity index (χ3v) is 5.50. The van der Waals surface area contributed by atoms with Gasteiger partial charge in [-0.3, -0.25) is 9.69 Å². The maximum absolute atomic E-state index is 12.9. The van der Waals surface area contributed by atoms with Crippen LogP contribution < -0.4 is 10.1 Å². The van der Waals surface area contributed by atoms with Crippen LogP contribution >= 0.6 is 0 Å². The van der Waals surface area contributed by atoms with Crippen LogP contribution in [0, 0.1) is 13.8 Å². The molecule has 1 unspecified atom stereocenters. The summed E-state index contributed by atoms with van der Waals surface area (Å²) in [4.78, 5) is 30.2. The van der Waals surface area contributed by atoms with Gasteiger partial charge in [0.1, 0.15) is 11.4 Å². The minimum absolute atomic E-state index is 0.000184. The van der Waals surface area contributed by atoms with Crippen LogP contribution in [0.15, 0.2) is 24.3 Å². The lowest BCUT2D eigenvalue weighted by Gasteiger charge is -2.35.